The first-order valence-electron chi connectivity index (χ1n) is 6.20. The first-order chi connectivity index (χ1) is 8.93. The minimum Gasteiger partial charge on any atom is -0.314 e. The van der Waals surface area contributed by atoms with Crippen molar-refractivity contribution >= 4 is 11.8 Å². The molecule has 4 nitrogen and oxygen atoms in total. The monoisotopic (exact) mass is 260 g/mol. The molecule has 1 aromatic carbocycles. The number of benzene rings is 1. The molecule has 0 saturated carbocycles. The normalized spacial score (nSPS) is 17.9. The van der Waals surface area contributed by atoms with Crippen LogP contribution in [0.25, 0.3) is 0 Å². The molecule has 0 fully saturated rings. The van der Waals surface area contributed by atoms with Gasteiger partial charge in [0.15, 0.2) is 0 Å². The third kappa shape index (κ3) is 2.57. The van der Waals surface area contributed by atoms with Gasteiger partial charge in [-0.25, -0.2) is 0 Å². The minimum absolute atomic E-state index is 0.641. The van der Waals surface area contributed by atoms with Crippen LogP contribution in [0, 0.1) is 0 Å². The van der Waals surface area contributed by atoms with E-state index in [4.69, 9.17) is 0 Å². The molecule has 2 heterocycles. The van der Waals surface area contributed by atoms with Gasteiger partial charge in [0.1, 0.15) is 0 Å². The summed E-state index contributed by atoms with van der Waals surface area (Å²) in [6.07, 6.45) is 3.60. The fourth-order valence-electron chi connectivity index (χ4n) is 2.22. The van der Waals surface area contributed by atoms with E-state index in [2.05, 4.69) is 39.9 Å². The van der Waals surface area contributed by atoms with E-state index in [0.717, 1.165) is 19.6 Å². The molecule has 0 spiro atoms. The quantitative estimate of drug-likeness (QED) is 0.832. The standard InChI is InChI=1S/C13H16N4S/c1-2-4-13-12(3-1)11(10-18-13)9-14-5-7-17-8-6-15-16-17/h1-4,6,8,11,14H,5,7,9-10H2. The number of nitrogens with one attached hydrogen (secondary N) is 1. The van der Waals surface area contributed by atoms with Crippen molar-refractivity contribution in [3.63, 3.8) is 0 Å². The molecular formula is C13H16N4S. The van der Waals surface area contributed by atoms with Gasteiger partial charge in [0.2, 0.25) is 0 Å². The summed E-state index contributed by atoms with van der Waals surface area (Å²) >= 11 is 1.96. The maximum Gasteiger partial charge on any atom is 0.0692 e. The number of nitrogens with zero attached hydrogens (tertiary/aromatic N) is 3. The first kappa shape index (κ1) is 11.7. The van der Waals surface area contributed by atoms with Crippen LogP contribution < -0.4 is 5.32 Å². The van der Waals surface area contributed by atoms with E-state index in [1.54, 1.807) is 6.20 Å². The van der Waals surface area contributed by atoms with E-state index >= 15 is 0 Å². The molecule has 0 aliphatic carbocycles. The second kappa shape index (κ2) is 5.54. The summed E-state index contributed by atoms with van der Waals surface area (Å²) in [5, 5.41) is 11.2. The van der Waals surface area contributed by atoms with Crippen molar-refractivity contribution in [2.24, 2.45) is 0 Å². The summed E-state index contributed by atoms with van der Waals surface area (Å²) in [7, 11) is 0. The van der Waals surface area contributed by atoms with Crippen molar-refractivity contribution in [3.05, 3.63) is 42.2 Å². The number of aromatic nitrogens is 3. The Kier molecular flexibility index (Phi) is 3.61. The first-order valence-corrected chi connectivity index (χ1v) is 7.18. The Morgan fingerprint density at radius 2 is 2.33 bits per heavy atom. The zero-order valence-electron chi connectivity index (χ0n) is 10.1. The smallest absolute Gasteiger partial charge is 0.0692 e. The van der Waals surface area contributed by atoms with Crippen molar-refractivity contribution in [1.29, 1.82) is 0 Å². The van der Waals surface area contributed by atoms with Crippen LogP contribution in [0.3, 0.4) is 0 Å². The molecule has 3 rings (SSSR count). The maximum absolute atomic E-state index is 3.94. The van der Waals surface area contributed by atoms with Gasteiger partial charge in [-0.1, -0.05) is 23.4 Å². The zero-order valence-corrected chi connectivity index (χ0v) is 10.9. The summed E-state index contributed by atoms with van der Waals surface area (Å²) in [6.45, 7) is 2.85. The van der Waals surface area contributed by atoms with Crippen LogP contribution in [0.1, 0.15) is 11.5 Å². The molecule has 1 aromatic heterocycles. The molecule has 5 heteroatoms. The molecule has 1 unspecified atom stereocenters. The minimum atomic E-state index is 0.641. The van der Waals surface area contributed by atoms with Gasteiger partial charge in [0.05, 0.1) is 12.7 Å². The molecule has 1 aliphatic heterocycles. The van der Waals surface area contributed by atoms with Crippen molar-refractivity contribution < 1.29 is 0 Å². The third-order valence-electron chi connectivity index (χ3n) is 3.18. The fourth-order valence-corrected chi connectivity index (χ4v) is 3.47. The predicted octanol–water partition coefficient (Wildman–Crippen LogP) is 1.76. The summed E-state index contributed by atoms with van der Waals surface area (Å²) < 4.78 is 1.85. The summed E-state index contributed by atoms with van der Waals surface area (Å²) in [5.41, 5.74) is 1.50. The lowest BCUT2D eigenvalue weighted by Gasteiger charge is -2.11. The second-order valence-electron chi connectivity index (χ2n) is 4.42. The molecule has 0 radical (unpaired) electrons. The average Bonchev–Trinajstić information content (AvgIpc) is 3.04. The van der Waals surface area contributed by atoms with E-state index in [0.29, 0.717) is 5.92 Å². The van der Waals surface area contributed by atoms with Crippen LogP contribution in [0.5, 0.6) is 0 Å². The van der Waals surface area contributed by atoms with Gasteiger partial charge in [0.25, 0.3) is 0 Å². The topological polar surface area (TPSA) is 42.7 Å². The van der Waals surface area contributed by atoms with E-state index in [1.165, 1.54) is 16.2 Å². The SMILES string of the molecule is c1ccc2c(c1)SCC2CNCCn1ccnn1. The Hall–Kier alpha value is -1.33. The summed E-state index contributed by atoms with van der Waals surface area (Å²) in [6, 6.07) is 8.72. The molecule has 2 aromatic rings. The summed E-state index contributed by atoms with van der Waals surface area (Å²) in [4.78, 5) is 1.44. The lowest BCUT2D eigenvalue weighted by molar-refractivity contribution is 0.526. The van der Waals surface area contributed by atoms with Crippen LogP contribution in [0.4, 0.5) is 0 Å². The lowest BCUT2D eigenvalue weighted by Crippen LogP contribution is -2.25. The Morgan fingerprint density at radius 1 is 1.39 bits per heavy atom. The number of rotatable bonds is 5. The van der Waals surface area contributed by atoms with Crippen molar-refractivity contribution in [1.82, 2.24) is 20.3 Å². The summed E-state index contributed by atoms with van der Waals surface area (Å²) in [5.74, 6) is 1.83. The number of hydrogen-bond acceptors (Lipinski definition) is 4. The number of hydrogen-bond donors (Lipinski definition) is 1. The van der Waals surface area contributed by atoms with Crippen molar-refractivity contribution in [2.75, 3.05) is 18.8 Å². The van der Waals surface area contributed by atoms with E-state index < -0.39 is 0 Å². The molecule has 1 N–H and O–H groups in total. The third-order valence-corrected chi connectivity index (χ3v) is 4.43. The zero-order chi connectivity index (χ0) is 12.2. The highest BCUT2D eigenvalue weighted by molar-refractivity contribution is 7.99. The highest BCUT2D eigenvalue weighted by Gasteiger charge is 2.21. The van der Waals surface area contributed by atoms with Crippen LogP contribution in [-0.4, -0.2) is 33.8 Å². The molecule has 0 bridgehead atoms. The van der Waals surface area contributed by atoms with Gasteiger partial charge in [-0.15, -0.1) is 16.9 Å². The van der Waals surface area contributed by atoms with Gasteiger partial charge in [-0.05, 0) is 11.6 Å². The van der Waals surface area contributed by atoms with Gasteiger partial charge in [-0.3, -0.25) is 4.68 Å². The Balaban J connectivity index is 1.47. The second-order valence-corrected chi connectivity index (χ2v) is 5.48. The van der Waals surface area contributed by atoms with E-state index in [-0.39, 0.29) is 0 Å². The lowest BCUT2D eigenvalue weighted by atomic mass is 10.0. The van der Waals surface area contributed by atoms with E-state index in [9.17, 15) is 0 Å². The van der Waals surface area contributed by atoms with Crippen LogP contribution in [-0.2, 0) is 6.54 Å². The van der Waals surface area contributed by atoms with Crippen molar-refractivity contribution in [3.8, 4) is 0 Å². The van der Waals surface area contributed by atoms with Crippen LogP contribution in [0.15, 0.2) is 41.6 Å². The molecular weight excluding hydrogens is 244 g/mol. The number of fused-ring (bicyclic) bond motifs is 1. The van der Waals surface area contributed by atoms with Gasteiger partial charge in [0, 0.05) is 35.9 Å². The van der Waals surface area contributed by atoms with Crippen LogP contribution >= 0.6 is 11.8 Å². The predicted molar refractivity (Wildman–Crippen MR) is 72.8 cm³/mol. The largest absolute Gasteiger partial charge is 0.314 e. The molecule has 0 amide bonds. The highest BCUT2D eigenvalue weighted by atomic mass is 32.2. The fraction of sp³-hybridized carbons (Fsp3) is 0.385. The number of thioether (sulfide) groups is 1. The highest BCUT2D eigenvalue weighted by Crippen LogP contribution is 2.38. The van der Waals surface area contributed by atoms with Crippen molar-refractivity contribution in [2.45, 2.75) is 17.4 Å². The Bertz CT molecular complexity index is 497. The average molecular weight is 260 g/mol. The molecule has 0 saturated heterocycles. The Morgan fingerprint density at radius 3 is 3.22 bits per heavy atom. The molecule has 94 valence electrons. The van der Waals surface area contributed by atoms with Crippen LogP contribution in [0.2, 0.25) is 0 Å². The van der Waals surface area contributed by atoms with E-state index in [1.807, 2.05) is 22.6 Å². The molecule has 1 atom stereocenters. The Labute approximate surface area is 111 Å². The van der Waals surface area contributed by atoms with Gasteiger partial charge in [-0.2, -0.15) is 0 Å². The molecule has 18 heavy (non-hydrogen) atoms. The molecule has 1 aliphatic rings. The van der Waals surface area contributed by atoms with Gasteiger partial charge < -0.3 is 5.32 Å². The van der Waals surface area contributed by atoms with Gasteiger partial charge >= 0.3 is 0 Å². The maximum atomic E-state index is 3.94.